The molecule has 0 spiro atoms. The largest absolute Gasteiger partial charge is 0.285 e. The Balaban J connectivity index is 3.02. The molecule has 0 bridgehead atoms. The Labute approximate surface area is 85.8 Å². The Morgan fingerprint density at radius 1 is 1.33 bits per heavy atom. The number of benzene rings is 1. The van der Waals surface area contributed by atoms with Gasteiger partial charge in [-0.25, -0.2) is 9.18 Å². The van der Waals surface area contributed by atoms with Crippen LogP contribution in [0.4, 0.5) is 4.39 Å². The summed E-state index contributed by atoms with van der Waals surface area (Å²) in [6, 6.07) is 5.62. The molecule has 15 heavy (non-hydrogen) atoms. The molecule has 0 saturated carbocycles. The summed E-state index contributed by atoms with van der Waals surface area (Å²) in [6.45, 7) is 0. The van der Waals surface area contributed by atoms with Gasteiger partial charge in [-0.2, -0.15) is 8.42 Å². The lowest BCUT2D eigenvalue weighted by molar-refractivity contribution is 0.564. The maximum absolute atomic E-state index is 13.0. The Kier molecular flexibility index (Phi) is 3.49. The van der Waals surface area contributed by atoms with E-state index in [1.165, 1.54) is 18.2 Å². The van der Waals surface area contributed by atoms with Crippen LogP contribution in [0.15, 0.2) is 34.1 Å². The highest BCUT2D eigenvalue weighted by atomic mass is 32.2. The second-order valence-corrected chi connectivity index (χ2v) is 4.01. The molecule has 78 valence electrons. The monoisotopic (exact) mass is 227 g/mol. The predicted octanol–water partition coefficient (Wildman–Crippen LogP) is 1.46. The molecule has 0 heterocycles. The summed E-state index contributed by atoms with van der Waals surface area (Å²) >= 11 is 0. The van der Waals surface area contributed by atoms with Crippen LogP contribution in [0.2, 0.25) is 0 Å². The van der Waals surface area contributed by atoms with Crippen LogP contribution in [-0.4, -0.2) is 14.5 Å². The van der Waals surface area contributed by atoms with Crippen molar-refractivity contribution in [3.05, 3.63) is 41.1 Å². The molecule has 0 amide bonds. The molecular formula is C9H6FNO3S. The van der Waals surface area contributed by atoms with Crippen molar-refractivity contribution in [2.45, 2.75) is 0 Å². The minimum absolute atomic E-state index is 0.0992. The third-order valence-electron chi connectivity index (χ3n) is 1.49. The van der Waals surface area contributed by atoms with E-state index in [-0.39, 0.29) is 5.56 Å². The van der Waals surface area contributed by atoms with E-state index in [1.807, 2.05) is 0 Å². The molecule has 0 radical (unpaired) electrons. The molecule has 6 heteroatoms. The lowest BCUT2D eigenvalue weighted by Gasteiger charge is -1.93. The third kappa shape index (κ3) is 3.46. The fourth-order valence-corrected chi connectivity index (χ4v) is 1.34. The van der Waals surface area contributed by atoms with E-state index in [4.69, 9.17) is 0 Å². The van der Waals surface area contributed by atoms with E-state index in [0.29, 0.717) is 5.41 Å². The van der Waals surface area contributed by atoms with Crippen molar-refractivity contribution in [2.24, 2.45) is 4.40 Å². The van der Waals surface area contributed by atoms with Crippen LogP contribution in [0.1, 0.15) is 5.56 Å². The number of nitrogens with zero attached hydrogens (tertiary/aromatic N) is 1. The van der Waals surface area contributed by atoms with Gasteiger partial charge in [-0.3, -0.25) is 0 Å². The molecule has 0 aromatic heterocycles. The minimum atomic E-state index is -3.99. The minimum Gasteiger partial charge on any atom is -0.210 e. The van der Waals surface area contributed by atoms with Crippen LogP contribution in [-0.2, 0) is 14.8 Å². The molecule has 1 aromatic carbocycles. The van der Waals surface area contributed by atoms with E-state index in [1.54, 1.807) is 6.07 Å². The highest BCUT2D eigenvalue weighted by Crippen LogP contribution is 2.09. The number of rotatable bonds is 3. The quantitative estimate of drug-likeness (QED) is 0.580. The molecule has 0 aliphatic heterocycles. The van der Waals surface area contributed by atoms with E-state index < -0.39 is 15.8 Å². The highest BCUT2D eigenvalue weighted by Gasteiger charge is 2.02. The first-order valence-electron chi connectivity index (χ1n) is 3.82. The second kappa shape index (κ2) is 4.63. The summed E-state index contributed by atoms with van der Waals surface area (Å²) in [4.78, 5) is 9.72. The summed E-state index contributed by atoms with van der Waals surface area (Å²) in [6.07, 6.45) is 1.92. The van der Waals surface area contributed by atoms with Gasteiger partial charge in [0.1, 0.15) is 5.82 Å². The Morgan fingerprint density at radius 3 is 2.60 bits per heavy atom. The van der Waals surface area contributed by atoms with E-state index in [2.05, 4.69) is 4.40 Å². The molecule has 0 aliphatic carbocycles. The summed E-state index contributed by atoms with van der Waals surface area (Å²) in [5.41, 5.74) is 0.0992. The number of hydrogen-bond acceptors (Lipinski definition) is 3. The van der Waals surface area contributed by atoms with Gasteiger partial charge >= 0.3 is 0 Å². The fraction of sp³-hybridized carbons (Fsp3) is 0. The maximum atomic E-state index is 13.0. The van der Waals surface area contributed by atoms with Gasteiger partial charge in [0.2, 0.25) is 0 Å². The zero-order valence-corrected chi connectivity index (χ0v) is 8.24. The zero-order valence-electron chi connectivity index (χ0n) is 7.42. The number of carbonyl (C=O) groups excluding carboxylic acids is 1. The SMILES string of the molecule is O=C=NS(=O)(=O)C=Cc1ccccc1F. The van der Waals surface area contributed by atoms with Crippen molar-refractivity contribution in [2.75, 3.05) is 0 Å². The van der Waals surface area contributed by atoms with Gasteiger partial charge in [-0.15, -0.1) is 0 Å². The van der Waals surface area contributed by atoms with Gasteiger partial charge in [0.05, 0.1) is 5.41 Å². The van der Waals surface area contributed by atoms with Crippen LogP contribution in [0, 0.1) is 5.82 Å². The fourth-order valence-electron chi connectivity index (χ4n) is 0.852. The molecule has 4 nitrogen and oxygen atoms in total. The summed E-state index contributed by atoms with van der Waals surface area (Å²) < 4.78 is 37.3. The lowest BCUT2D eigenvalue weighted by atomic mass is 10.2. The van der Waals surface area contributed by atoms with E-state index >= 15 is 0 Å². The Bertz CT molecular complexity index is 530. The molecular weight excluding hydrogens is 221 g/mol. The first-order chi connectivity index (χ1) is 7.05. The molecule has 0 unspecified atom stereocenters. The molecule has 1 rings (SSSR count). The third-order valence-corrected chi connectivity index (χ3v) is 2.30. The van der Waals surface area contributed by atoms with Crippen LogP contribution >= 0.6 is 0 Å². The van der Waals surface area contributed by atoms with E-state index in [0.717, 1.165) is 12.2 Å². The maximum Gasteiger partial charge on any atom is 0.285 e. The van der Waals surface area contributed by atoms with Crippen LogP contribution in [0.25, 0.3) is 6.08 Å². The summed E-state index contributed by atoms with van der Waals surface area (Å²) in [5, 5.41) is 0.635. The Hall–Kier alpha value is -1.78. The van der Waals surface area contributed by atoms with Crippen molar-refractivity contribution in [3.63, 3.8) is 0 Å². The van der Waals surface area contributed by atoms with Crippen molar-refractivity contribution in [1.82, 2.24) is 0 Å². The lowest BCUT2D eigenvalue weighted by Crippen LogP contribution is -1.88. The van der Waals surface area contributed by atoms with Crippen LogP contribution in [0.5, 0.6) is 0 Å². The normalized spacial score (nSPS) is 11.3. The van der Waals surface area contributed by atoms with Crippen molar-refractivity contribution in [1.29, 1.82) is 0 Å². The van der Waals surface area contributed by atoms with Crippen LogP contribution in [0.3, 0.4) is 0 Å². The van der Waals surface area contributed by atoms with Gasteiger partial charge in [-0.1, -0.05) is 22.6 Å². The van der Waals surface area contributed by atoms with Gasteiger partial charge < -0.3 is 0 Å². The first kappa shape index (κ1) is 11.3. The number of isocyanates is 1. The molecule has 0 atom stereocenters. The van der Waals surface area contributed by atoms with Crippen molar-refractivity contribution >= 4 is 22.2 Å². The highest BCUT2D eigenvalue weighted by molar-refractivity contribution is 7.93. The number of hydrogen-bond donors (Lipinski definition) is 0. The van der Waals surface area contributed by atoms with Gasteiger partial charge in [-0.05, 0) is 12.1 Å². The smallest absolute Gasteiger partial charge is 0.210 e. The topological polar surface area (TPSA) is 63.6 Å². The standard InChI is InChI=1S/C9H6FNO3S/c10-9-4-2-1-3-8(9)5-6-15(13,14)11-7-12/h1-6H. The molecule has 0 fully saturated rings. The average Bonchev–Trinajstić information content (AvgIpc) is 2.16. The zero-order chi connectivity index (χ0) is 11.3. The van der Waals surface area contributed by atoms with Crippen molar-refractivity contribution in [3.8, 4) is 0 Å². The number of sulfonamides is 1. The summed E-state index contributed by atoms with van der Waals surface area (Å²) in [7, 11) is -3.99. The second-order valence-electron chi connectivity index (χ2n) is 2.52. The predicted molar refractivity (Wildman–Crippen MR) is 52.5 cm³/mol. The molecule has 0 N–H and O–H groups in total. The van der Waals surface area contributed by atoms with Crippen molar-refractivity contribution < 1.29 is 17.6 Å². The molecule has 1 aromatic rings. The molecule has 0 aliphatic rings. The average molecular weight is 227 g/mol. The van der Waals surface area contributed by atoms with Crippen LogP contribution < -0.4 is 0 Å². The van der Waals surface area contributed by atoms with E-state index in [9.17, 15) is 17.6 Å². The first-order valence-corrected chi connectivity index (χ1v) is 5.32. The van der Waals surface area contributed by atoms with Gasteiger partial charge in [0, 0.05) is 5.56 Å². The number of halogens is 1. The Morgan fingerprint density at radius 2 is 2.00 bits per heavy atom. The summed E-state index contributed by atoms with van der Waals surface area (Å²) in [5.74, 6) is -0.556. The van der Waals surface area contributed by atoms with Gasteiger partial charge in [0.25, 0.3) is 16.1 Å². The van der Waals surface area contributed by atoms with Gasteiger partial charge in [0.15, 0.2) is 0 Å². The molecule has 0 saturated heterocycles.